The lowest BCUT2D eigenvalue weighted by atomic mass is 10.1. The van der Waals surface area contributed by atoms with Crippen LogP contribution in [0, 0.1) is 5.82 Å². The van der Waals surface area contributed by atoms with Gasteiger partial charge in [0, 0.05) is 19.5 Å². The minimum absolute atomic E-state index is 0.317. The van der Waals surface area contributed by atoms with E-state index < -0.39 is 0 Å². The summed E-state index contributed by atoms with van der Waals surface area (Å²) in [6.07, 6.45) is 0.607. The molecule has 164 valence electrons. The van der Waals surface area contributed by atoms with Crippen LogP contribution in [0.1, 0.15) is 17.3 Å². The number of anilines is 1. The molecule has 0 unspecified atom stereocenters. The lowest BCUT2D eigenvalue weighted by molar-refractivity contribution is 0.122. The van der Waals surface area contributed by atoms with Gasteiger partial charge < -0.3 is 14.2 Å². The van der Waals surface area contributed by atoms with Gasteiger partial charge in [-0.05, 0) is 23.8 Å². The maximum absolute atomic E-state index is 14.0. The number of halogens is 1. The number of thioether (sulfide) groups is 1. The zero-order valence-corrected chi connectivity index (χ0v) is 18.0. The first-order chi connectivity index (χ1) is 15.8. The number of hydrogen-bond acceptors (Lipinski definition) is 8. The standard InChI is InChI=1S/C22H21FN6O2S/c23-17-7-4-8-18(14-17)29-21(28-9-11-30-12-10-28)25-26-22(29)32-15-20-24-19(27-31-20)13-16-5-2-1-3-6-16/h1-8,14H,9-13,15H2. The normalized spacial score (nSPS) is 14.1. The Morgan fingerprint density at radius 3 is 2.66 bits per heavy atom. The quantitative estimate of drug-likeness (QED) is 0.394. The van der Waals surface area contributed by atoms with Crippen molar-refractivity contribution in [3.8, 4) is 5.69 Å². The van der Waals surface area contributed by atoms with Gasteiger partial charge >= 0.3 is 0 Å². The molecule has 1 saturated heterocycles. The van der Waals surface area contributed by atoms with E-state index in [9.17, 15) is 4.39 Å². The number of benzene rings is 2. The Labute approximate surface area is 188 Å². The fourth-order valence-corrected chi connectivity index (χ4v) is 4.27. The van der Waals surface area contributed by atoms with Crippen molar-refractivity contribution in [2.24, 2.45) is 0 Å². The molecule has 0 aliphatic carbocycles. The molecule has 5 rings (SSSR count). The van der Waals surface area contributed by atoms with E-state index in [1.165, 1.54) is 23.9 Å². The largest absolute Gasteiger partial charge is 0.378 e. The van der Waals surface area contributed by atoms with E-state index in [2.05, 4.69) is 25.2 Å². The average Bonchev–Trinajstić information content (AvgIpc) is 3.46. The van der Waals surface area contributed by atoms with Gasteiger partial charge in [0.2, 0.25) is 11.8 Å². The fraction of sp³-hybridized carbons (Fsp3) is 0.273. The molecule has 0 saturated carbocycles. The first-order valence-corrected chi connectivity index (χ1v) is 11.3. The van der Waals surface area contributed by atoms with Gasteiger partial charge in [0.05, 0.1) is 24.7 Å². The van der Waals surface area contributed by atoms with Crippen LogP contribution in [0.15, 0.2) is 64.3 Å². The third-order valence-corrected chi connectivity index (χ3v) is 5.93. The van der Waals surface area contributed by atoms with Gasteiger partial charge in [0.15, 0.2) is 11.0 Å². The highest BCUT2D eigenvalue weighted by molar-refractivity contribution is 7.98. The Hall–Kier alpha value is -3.24. The molecule has 1 aliphatic rings. The molecule has 32 heavy (non-hydrogen) atoms. The number of rotatable bonds is 7. The van der Waals surface area contributed by atoms with Crippen LogP contribution in [-0.2, 0) is 16.9 Å². The predicted octanol–water partition coefficient (Wildman–Crippen LogP) is 3.51. The summed E-state index contributed by atoms with van der Waals surface area (Å²) in [4.78, 5) is 6.58. The summed E-state index contributed by atoms with van der Waals surface area (Å²) in [6.45, 7) is 2.63. The molecule has 8 nitrogen and oxygen atoms in total. The maximum atomic E-state index is 14.0. The minimum atomic E-state index is -0.317. The first-order valence-electron chi connectivity index (χ1n) is 10.3. The van der Waals surface area contributed by atoms with Crippen molar-refractivity contribution in [1.82, 2.24) is 24.9 Å². The molecule has 0 spiro atoms. The summed E-state index contributed by atoms with van der Waals surface area (Å²) in [6, 6.07) is 16.4. The van der Waals surface area contributed by atoms with E-state index in [1.807, 2.05) is 41.0 Å². The van der Waals surface area contributed by atoms with Crippen LogP contribution in [0.3, 0.4) is 0 Å². The summed E-state index contributed by atoms with van der Waals surface area (Å²) in [5.41, 5.74) is 1.78. The van der Waals surface area contributed by atoms with Crippen molar-refractivity contribution in [1.29, 1.82) is 0 Å². The summed E-state index contributed by atoms with van der Waals surface area (Å²) < 4.78 is 26.7. The lowest BCUT2D eigenvalue weighted by Gasteiger charge is -2.27. The highest BCUT2D eigenvalue weighted by atomic mass is 32.2. The molecule has 1 fully saturated rings. The topological polar surface area (TPSA) is 82.1 Å². The van der Waals surface area contributed by atoms with E-state index in [4.69, 9.17) is 9.26 Å². The van der Waals surface area contributed by atoms with Crippen LogP contribution < -0.4 is 4.90 Å². The molecule has 0 bridgehead atoms. The molecule has 0 N–H and O–H groups in total. The Balaban J connectivity index is 1.36. The second-order valence-electron chi connectivity index (χ2n) is 7.25. The average molecular weight is 453 g/mol. The minimum Gasteiger partial charge on any atom is -0.378 e. The Morgan fingerprint density at radius 2 is 1.84 bits per heavy atom. The zero-order valence-electron chi connectivity index (χ0n) is 17.2. The smallest absolute Gasteiger partial charge is 0.237 e. The third-order valence-electron chi connectivity index (χ3n) is 5.02. The van der Waals surface area contributed by atoms with Gasteiger partial charge in [0.1, 0.15) is 5.82 Å². The van der Waals surface area contributed by atoms with E-state index in [0.29, 0.717) is 67.0 Å². The SMILES string of the molecule is Fc1cccc(-n2c(SCc3nc(Cc4ccccc4)no3)nnc2N2CCOCC2)c1. The second kappa shape index (κ2) is 9.49. The number of morpholine rings is 1. The van der Waals surface area contributed by atoms with E-state index in [-0.39, 0.29) is 5.82 Å². The Bertz CT molecular complexity index is 1180. The van der Waals surface area contributed by atoms with E-state index >= 15 is 0 Å². The number of aromatic nitrogens is 5. The van der Waals surface area contributed by atoms with Crippen molar-refractivity contribution in [3.05, 3.63) is 77.7 Å². The molecular formula is C22H21FN6O2S. The summed E-state index contributed by atoms with van der Waals surface area (Å²) in [5.74, 6) is 1.91. The monoisotopic (exact) mass is 452 g/mol. The predicted molar refractivity (Wildman–Crippen MR) is 117 cm³/mol. The van der Waals surface area contributed by atoms with Crippen molar-refractivity contribution < 1.29 is 13.7 Å². The highest BCUT2D eigenvalue weighted by Crippen LogP contribution is 2.29. The molecule has 2 aromatic carbocycles. The van der Waals surface area contributed by atoms with Crippen molar-refractivity contribution in [2.45, 2.75) is 17.3 Å². The number of ether oxygens (including phenoxy) is 1. The molecule has 0 radical (unpaired) electrons. The Kier molecular flexibility index (Phi) is 6.13. The maximum Gasteiger partial charge on any atom is 0.237 e. The third kappa shape index (κ3) is 4.66. The van der Waals surface area contributed by atoms with Gasteiger partial charge in [-0.15, -0.1) is 10.2 Å². The van der Waals surface area contributed by atoms with Crippen LogP contribution in [0.25, 0.3) is 5.69 Å². The molecule has 1 aliphatic heterocycles. The summed E-state index contributed by atoms with van der Waals surface area (Å²) in [5, 5.41) is 13.5. The summed E-state index contributed by atoms with van der Waals surface area (Å²) in [7, 11) is 0. The van der Waals surface area contributed by atoms with E-state index in [1.54, 1.807) is 6.07 Å². The second-order valence-corrected chi connectivity index (χ2v) is 8.20. The van der Waals surface area contributed by atoms with Gasteiger partial charge in [-0.3, -0.25) is 4.57 Å². The van der Waals surface area contributed by atoms with E-state index in [0.717, 1.165) is 5.56 Å². The summed E-state index contributed by atoms with van der Waals surface area (Å²) >= 11 is 1.42. The first kappa shape index (κ1) is 20.7. The zero-order chi connectivity index (χ0) is 21.8. The van der Waals surface area contributed by atoms with Gasteiger partial charge in [0.25, 0.3) is 0 Å². The van der Waals surface area contributed by atoms with Crippen LogP contribution >= 0.6 is 11.8 Å². The van der Waals surface area contributed by atoms with Gasteiger partial charge in [-0.25, -0.2) is 4.39 Å². The molecule has 4 aromatic rings. The molecule has 10 heteroatoms. The highest BCUT2D eigenvalue weighted by Gasteiger charge is 2.22. The number of nitrogens with zero attached hydrogens (tertiary/aromatic N) is 6. The molecule has 0 atom stereocenters. The van der Waals surface area contributed by atoms with Crippen molar-refractivity contribution in [3.63, 3.8) is 0 Å². The molecule has 3 heterocycles. The molecule has 2 aromatic heterocycles. The Morgan fingerprint density at radius 1 is 1.00 bits per heavy atom. The van der Waals surface area contributed by atoms with Crippen LogP contribution in [-0.4, -0.2) is 51.2 Å². The number of hydrogen-bond donors (Lipinski definition) is 0. The van der Waals surface area contributed by atoms with Crippen LogP contribution in [0.2, 0.25) is 0 Å². The van der Waals surface area contributed by atoms with Crippen molar-refractivity contribution >= 4 is 17.7 Å². The van der Waals surface area contributed by atoms with Crippen LogP contribution in [0.5, 0.6) is 0 Å². The fourth-order valence-electron chi connectivity index (χ4n) is 3.49. The van der Waals surface area contributed by atoms with Crippen LogP contribution in [0.4, 0.5) is 10.3 Å². The van der Waals surface area contributed by atoms with Gasteiger partial charge in [-0.2, -0.15) is 4.98 Å². The molecular weight excluding hydrogens is 431 g/mol. The molecule has 0 amide bonds. The lowest BCUT2D eigenvalue weighted by Crippen LogP contribution is -2.37. The van der Waals surface area contributed by atoms with Crippen molar-refractivity contribution in [2.75, 3.05) is 31.2 Å². The van der Waals surface area contributed by atoms with Gasteiger partial charge in [-0.1, -0.05) is 53.3 Å².